The third-order valence-electron chi connectivity index (χ3n) is 3.71. The van der Waals surface area contributed by atoms with Gasteiger partial charge in [-0.2, -0.15) is 0 Å². The summed E-state index contributed by atoms with van der Waals surface area (Å²) in [5.74, 6) is 3.54. The van der Waals surface area contributed by atoms with Gasteiger partial charge in [0.2, 0.25) is 0 Å². The molecule has 0 heterocycles. The summed E-state index contributed by atoms with van der Waals surface area (Å²) in [4.78, 5) is 1.36. The smallest absolute Gasteiger partial charge is 0.0254 e. The van der Waals surface area contributed by atoms with Crippen molar-refractivity contribution in [1.82, 2.24) is 5.32 Å². The molecule has 1 fully saturated rings. The molecule has 18 heavy (non-hydrogen) atoms. The second kappa shape index (κ2) is 8.08. The minimum atomic E-state index is 0.751. The van der Waals surface area contributed by atoms with Crippen LogP contribution in [0, 0.1) is 11.8 Å². The lowest BCUT2D eigenvalue weighted by molar-refractivity contribution is 0.401. The van der Waals surface area contributed by atoms with E-state index < -0.39 is 0 Å². The Kier molecular flexibility index (Phi) is 6.39. The molecule has 1 saturated carbocycles. The summed E-state index contributed by atoms with van der Waals surface area (Å²) in [6.07, 6.45) is 4.05. The van der Waals surface area contributed by atoms with Crippen molar-refractivity contribution in [2.75, 3.05) is 24.7 Å². The lowest BCUT2D eigenvalue weighted by Gasteiger charge is -2.17. The van der Waals surface area contributed by atoms with Crippen LogP contribution in [0.1, 0.15) is 19.3 Å². The van der Waals surface area contributed by atoms with Gasteiger partial charge in [0.25, 0.3) is 0 Å². The average Bonchev–Trinajstić information content (AvgIpc) is 2.87. The fourth-order valence-corrected chi connectivity index (χ4v) is 3.87. The van der Waals surface area contributed by atoms with Crippen LogP contribution < -0.4 is 5.32 Å². The van der Waals surface area contributed by atoms with Crippen molar-refractivity contribution >= 4 is 23.4 Å². The molecule has 3 heteroatoms. The van der Waals surface area contributed by atoms with Gasteiger partial charge in [-0.15, -0.1) is 23.4 Å². The van der Waals surface area contributed by atoms with Gasteiger partial charge in [-0.05, 0) is 43.4 Å². The van der Waals surface area contributed by atoms with Crippen LogP contribution in [-0.4, -0.2) is 24.7 Å². The van der Waals surface area contributed by atoms with Crippen LogP contribution in [-0.2, 0) is 0 Å². The fraction of sp³-hybridized carbons (Fsp3) is 0.600. The first-order valence-electron chi connectivity index (χ1n) is 6.84. The molecule has 0 aliphatic heterocycles. The summed E-state index contributed by atoms with van der Waals surface area (Å²) >= 11 is 7.91. The predicted molar refractivity (Wildman–Crippen MR) is 81.6 cm³/mol. The van der Waals surface area contributed by atoms with Gasteiger partial charge in [-0.3, -0.25) is 0 Å². The van der Waals surface area contributed by atoms with Gasteiger partial charge in [0.15, 0.2) is 0 Å². The third kappa shape index (κ3) is 4.49. The molecule has 2 unspecified atom stereocenters. The quantitative estimate of drug-likeness (QED) is 0.461. The number of hydrogen-bond acceptors (Lipinski definition) is 2. The highest BCUT2D eigenvalue weighted by atomic mass is 35.5. The van der Waals surface area contributed by atoms with E-state index in [0.29, 0.717) is 0 Å². The van der Waals surface area contributed by atoms with Gasteiger partial charge < -0.3 is 5.32 Å². The Hall–Kier alpha value is -0.180. The van der Waals surface area contributed by atoms with E-state index in [1.807, 2.05) is 11.8 Å². The molecule has 2 rings (SSSR count). The summed E-state index contributed by atoms with van der Waals surface area (Å²) in [5, 5.41) is 3.58. The SMILES string of the molecule is ClCC1CCCC1CNCCSc1ccccc1. The summed E-state index contributed by atoms with van der Waals surface area (Å²) in [6.45, 7) is 2.23. The van der Waals surface area contributed by atoms with E-state index in [-0.39, 0.29) is 0 Å². The Morgan fingerprint density at radius 2 is 1.94 bits per heavy atom. The number of nitrogens with one attached hydrogen (secondary N) is 1. The first-order valence-corrected chi connectivity index (χ1v) is 8.36. The Labute approximate surface area is 120 Å². The molecule has 0 aromatic heterocycles. The molecule has 1 N–H and O–H groups in total. The highest BCUT2D eigenvalue weighted by Gasteiger charge is 2.25. The maximum Gasteiger partial charge on any atom is 0.0254 e. The predicted octanol–water partition coefficient (Wildman–Crippen LogP) is 4.02. The minimum Gasteiger partial charge on any atom is -0.316 e. The fourth-order valence-electron chi connectivity index (χ4n) is 2.63. The first-order chi connectivity index (χ1) is 8.90. The van der Waals surface area contributed by atoms with E-state index in [4.69, 9.17) is 11.6 Å². The molecule has 1 nitrogen and oxygen atoms in total. The molecule has 1 aliphatic rings. The van der Waals surface area contributed by atoms with Crippen LogP contribution in [0.4, 0.5) is 0 Å². The van der Waals surface area contributed by atoms with Gasteiger partial charge in [-0.25, -0.2) is 0 Å². The van der Waals surface area contributed by atoms with E-state index in [1.165, 1.54) is 24.2 Å². The lowest BCUT2D eigenvalue weighted by Crippen LogP contribution is -2.27. The highest BCUT2D eigenvalue weighted by molar-refractivity contribution is 7.99. The number of thioether (sulfide) groups is 1. The monoisotopic (exact) mass is 283 g/mol. The van der Waals surface area contributed by atoms with Crippen molar-refractivity contribution in [3.05, 3.63) is 30.3 Å². The molecule has 100 valence electrons. The standard InChI is InChI=1S/C15H22ClNS/c16-11-13-5-4-6-14(13)12-17-9-10-18-15-7-2-1-3-8-15/h1-3,7-8,13-14,17H,4-6,9-12H2. The number of alkyl halides is 1. The Bertz CT molecular complexity index is 331. The van der Waals surface area contributed by atoms with Crippen molar-refractivity contribution < 1.29 is 0 Å². The topological polar surface area (TPSA) is 12.0 Å². The maximum absolute atomic E-state index is 5.99. The van der Waals surface area contributed by atoms with Crippen molar-refractivity contribution in [2.45, 2.75) is 24.2 Å². The summed E-state index contributed by atoms with van der Waals surface area (Å²) in [7, 11) is 0. The Morgan fingerprint density at radius 1 is 1.17 bits per heavy atom. The summed E-state index contributed by atoms with van der Waals surface area (Å²) in [6, 6.07) is 10.6. The normalized spacial score (nSPS) is 23.4. The van der Waals surface area contributed by atoms with Crippen molar-refractivity contribution in [2.24, 2.45) is 11.8 Å². The largest absolute Gasteiger partial charge is 0.316 e. The molecule has 2 atom stereocenters. The molecule has 0 spiro atoms. The van der Waals surface area contributed by atoms with Crippen LogP contribution in [0.3, 0.4) is 0 Å². The van der Waals surface area contributed by atoms with Gasteiger partial charge in [0.05, 0.1) is 0 Å². The molecule has 1 aliphatic carbocycles. The molecule has 0 radical (unpaired) electrons. The van der Waals surface area contributed by atoms with Crippen molar-refractivity contribution in [1.29, 1.82) is 0 Å². The molecule has 1 aromatic carbocycles. The molecule has 1 aromatic rings. The molecular formula is C15H22ClNS. The zero-order chi connectivity index (χ0) is 12.6. The molecular weight excluding hydrogens is 262 g/mol. The van der Waals surface area contributed by atoms with Crippen LogP contribution in [0.25, 0.3) is 0 Å². The zero-order valence-corrected chi connectivity index (χ0v) is 12.3. The van der Waals surface area contributed by atoms with Crippen LogP contribution in [0.5, 0.6) is 0 Å². The van der Waals surface area contributed by atoms with E-state index >= 15 is 0 Å². The number of hydrogen-bond donors (Lipinski definition) is 1. The Morgan fingerprint density at radius 3 is 2.72 bits per heavy atom. The van der Waals surface area contributed by atoms with Gasteiger partial charge >= 0.3 is 0 Å². The highest BCUT2D eigenvalue weighted by Crippen LogP contribution is 2.31. The lowest BCUT2D eigenvalue weighted by atomic mass is 9.98. The number of benzene rings is 1. The van der Waals surface area contributed by atoms with Crippen LogP contribution in [0.15, 0.2) is 35.2 Å². The number of halogens is 1. The molecule has 0 saturated heterocycles. The van der Waals surface area contributed by atoms with Crippen LogP contribution >= 0.6 is 23.4 Å². The van der Waals surface area contributed by atoms with Crippen molar-refractivity contribution in [3.63, 3.8) is 0 Å². The third-order valence-corrected chi connectivity index (χ3v) is 5.12. The average molecular weight is 284 g/mol. The van der Waals surface area contributed by atoms with Crippen LogP contribution in [0.2, 0.25) is 0 Å². The summed E-state index contributed by atoms with van der Waals surface area (Å²) in [5.41, 5.74) is 0. The number of rotatable bonds is 7. The van der Waals surface area contributed by atoms with Gasteiger partial charge in [0, 0.05) is 23.1 Å². The second-order valence-electron chi connectivity index (χ2n) is 4.97. The van der Waals surface area contributed by atoms with E-state index in [9.17, 15) is 0 Å². The minimum absolute atomic E-state index is 0.751. The molecule has 0 amide bonds. The molecule has 0 bridgehead atoms. The first kappa shape index (κ1) is 14.2. The van der Waals surface area contributed by atoms with Crippen molar-refractivity contribution in [3.8, 4) is 0 Å². The summed E-state index contributed by atoms with van der Waals surface area (Å²) < 4.78 is 0. The zero-order valence-electron chi connectivity index (χ0n) is 10.8. The van der Waals surface area contributed by atoms with E-state index in [2.05, 4.69) is 35.6 Å². The Balaban J connectivity index is 1.56. The maximum atomic E-state index is 5.99. The van der Waals surface area contributed by atoms with E-state index in [0.717, 1.165) is 36.6 Å². The van der Waals surface area contributed by atoms with Gasteiger partial charge in [0.1, 0.15) is 0 Å². The van der Waals surface area contributed by atoms with E-state index in [1.54, 1.807) is 0 Å². The van der Waals surface area contributed by atoms with Gasteiger partial charge in [-0.1, -0.05) is 24.6 Å². The second-order valence-corrected chi connectivity index (χ2v) is 6.45.